The Labute approximate surface area is 248 Å². The lowest BCUT2D eigenvalue weighted by molar-refractivity contribution is -0.123. The Morgan fingerprint density at radius 3 is 2.49 bits per heavy atom. The van der Waals surface area contributed by atoms with E-state index in [9.17, 15) is 18.0 Å². The lowest BCUT2D eigenvalue weighted by atomic mass is 10.2. The number of ether oxygens (including phenoxy) is 2. The minimum Gasteiger partial charge on any atom is -0.484 e. The van der Waals surface area contributed by atoms with Gasteiger partial charge < -0.3 is 14.8 Å². The van der Waals surface area contributed by atoms with Gasteiger partial charge in [-0.25, -0.2) is 13.8 Å². The van der Waals surface area contributed by atoms with Crippen LogP contribution in [0.15, 0.2) is 82.8 Å². The van der Waals surface area contributed by atoms with E-state index in [0.717, 1.165) is 23.8 Å². The number of carbonyl (C=O) groups excluding carboxylic acids is 2. The van der Waals surface area contributed by atoms with Gasteiger partial charge in [0.15, 0.2) is 6.61 Å². The second-order valence-electron chi connectivity index (χ2n) is 9.01. The molecule has 1 fully saturated rings. The van der Waals surface area contributed by atoms with E-state index in [4.69, 9.17) is 32.7 Å². The molecular weight excluding hydrogens is 591 g/mol. The normalized spacial score (nSPS) is 15.0. The lowest BCUT2D eigenvalue weighted by Gasteiger charge is -2.24. The second kappa shape index (κ2) is 14.3. The fourth-order valence-corrected chi connectivity index (χ4v) is 5.95. The number of sulfonamides is 1. The first-order valence-electron chi connectivity index (χ1n) is 12.7. The number of nitrogens with one attached hydrogen (secondary N) is 2. The molecule has 2 amide bonds. The molecule has 3 aromatic rings. The molecule has 0 radical (unpaired) electrons. The van der Waals surface area contributed by atoms with Crippen molar-refractivity contribution >= 4 is 56.9 Å². The first-order valence-corrected chi connectivity index (χ1v) is 14.9. The molecule has 1 atom stereocenters. The number of nitrogens with zero attached hydrogens (tertiary/aromatic N) is 2. The molecule has 1 aliphatic heterocycles. The third-order valence-electron chi connectivity index (χ3n) is 6.00. The van der Waals surface area contributed by atoms with Gasteiger partial charge in [-0.2, -0.15) is 5.10 Å². The van der Waals surface area contributed by atoms with E-state index in [1.807, 2.05) is 0 Å². The van der Waals surface area contributed by atoms with E-state index >= 15 is 0 Å². The predicted molar refractivity (Wildman–Crippen MR) is 157 cm³/mol. The number of amides is 2. The zero-order valence-electron chi connectivity index (χ0n) is 21.8. The van der Waals surface area contributed by atoms with Crippen LogP contribution in [0.2, 0.25) is 10.0 Å². The van der Waals surface area contributed by atoms with Crippen molar-refractivity contribution in [2.24, 2.45) is 5.10 Å². The second-order valence-corrected chi connectivity index (χ2v) is 11.7. The average Bonchev–Trinajstić information content (AvgIpc) is 3.49. The van der Waals surface area contributed by atoms with Crippen LogP contribution < -0.4 is 19.8 Å². The molecule has 0 spiro atoms. The summed E-state index contributed by atoms with van der Waals surface area (Å²) in [7, 11) is -4.14. The maximum absolute atomic E-state index is 13.4. The summed E-state index contributed by atoms with van der Waals surface area (Å²) in [5, 5.41) is 7.10. The van der Waals surface area contributed by atoms with Crippen LogP contribution in [-0.4, -0.2) is 58.9 Å². The molecule has 13 heteroatoms. The fourth-order valence-electron chi connectivity index (χ4n) is 3.93. The predicted octanol–water partition coefficient (Wildman–Crippen LogP) is 4.01. The Morgan fingerprint density at radius 1 is 1.05 bits per heavy atom. The molecule has 0 aliphatic carbocycles. The lowest BCUT2D eigenvalue weighted by Crippen LogP contribution is -2.39. The minimum atomic E-state index is -4.14. The van der Waals surface area contributed by atoms with Gasteiger partial charge in [0.1, 0.15) is 12.3 Å². The summed E-state index contributed by atoms with van der Waals surface area (Å²) >= 11 is 12.3. The van der Waals surface area contributed by atoms with Crippen LogP contribution in [0.5, 0.6) is 5.75 Å². The van der Waals surface area contributed by atoms with Crippen molar-refractivity contribution in [1.29, 1.82) is 0 Å². The van der Waals surface area contributed by atoms with Crippen LogP contribution in [-0.2, 0) is 24.3 Å². The number of anilines is 1. The first-order chi connectivity index (χ1) is 19.7. The maximum Gasteiger partial charge on any atom is 0.264 e. The van der Waals surface area contributed by atoms with Crippen molar-refractivity contribution < 1.29 is 27.5 Å². The van der Waals surface area contributed by atoms with Crippen LogP contribution in [0.25, 0.3) is 0 Å². The molecule has 1 heterocycles. The van der Waals surface area contributed by atoms with E-state index < -0.39 is 22.5 Å². The summed E-state index contributed by atoms with van der Waals surface area (Å²) in [6, 6.07) is 18.7. The molecule has 216 valence electrons. The van der Waals surface area contributed by atoms with Gasteiger partial charge in [-0.15, -0.1) is 0 Å². The third-order valence-corrected chi connectivity index (χ3v) is 8.31. The molecule has 1 aliphatic rings. The van der Waals surface area contributed by atoms with Gasteiger partial charge in [-0.3, -0.25) is 13.9 Å². The van der Waals surface area contributed by atoms with Crippen molar-refractivity contribution in [1.82, 2.24) is 10.7 Å². The number of rotatable bonds is 12. The minimum absolute atomic E-state index is 0.00932. The Morgan fingerprint density at radius 2 is 1.80 bits per heavy atom. The zero-order valence-corrected chi connectivity index (χ0v) is 24.2. The van der Waals surface area contributed by atoms with Crippen molar-refractivity contribution in [2.45, 2.75) is 23.8 Å². The van der Waals surface area contributed by atoms with E-state index in [2.05, 4.69) is 15.8 Å². The molecule has 0 saturated carbocycles. The summed E-state index contributed by atoms with van der Waals surface area (Å²) < 4.78 is 38.7. The molecule has 3 aromatic carbocycles. The molecule has 41 heavy (non-hydrogen) atoms. The molecule has 1 saturated heterocycles. The summed E-state index contributed by atoms with van der Waals surface area (Å²) in [5.74, 6) is -0.446. The third kappa shape index (κ3) is 8.67. The molecule has 4 rings (SSSR count). The van der Waals surface area contributed by atoms with Gasteiger partial charge in [0, 0.05) is 18.2 Å². The van der Waals surface area contributed by atoms with Crippen molar-refractivity contribution in [2.75, 3.05) is 30.6 Å². The molecule has 0 unspecified atom stereocenters. The van der Waals surface area contributed by atoms with Gasteiger partial charge >= 0.3 is 0 Å². The molecule has 0 bridgehead atoms. The van der Waals surface area contributed by atoms with Crippen LogP contribution in [0, 0.1) is 0 Å². The highest BCUT2D eigenvalue weighted by Gasteiger charge is 2.28. The molecular formula is C28H28Cl2N4O6S. The standard InChI is InChI=1S/C28H28Cl2N4O6S/c29-21-10-13-26(25(30)15-21)34(41(37,38)24-6-2-1-3-7-24)18-27(35)33-32-16-20-8-11-22(12-9-20)40-19-28(36)31-17-23-5-4-14-39-23/h1-3,6-13,15-16,23H,4-5,14,17-19H2,(H,31,36)(H,33,35)/b32-16-/t23-/m0/s1. The van der Waals surface area contributed by atoms with E-state index in [1.54, 1.807) is 42.5 Å². The Balaban J connectivity index is 1.33. The smallest absolute Gasteiger partial charge is 0.264 e. The number of hydrogen-bond donors (Lipinski definition) is 2. The number of benzene rings is 3. The zero-order chi connectivity index (χ0) is 29.2. The number of carbonyl (C=O) groups is 2. The maximum atomic E-state index is 13.4. The number of hydrazone groups is 1. The molecule has 2 N–H and O–H groups in total. The van der Waals surface area contributed by atoms with Gasteiger partial charge in [0.05, 0.1) is 27.9 Å². The van der Waals surface area contributed by atoms with Crippen molar-refractivity contribution in [3.8, 4) is 5.75 Å². The highest BCUT2D eigenvalue weighted by Crippen LogP contribution is 2.32. The van der Waals surface area contributed by atoms with Crippen LogP contribution >= 0.6 is 23.2 Å². The van der Waals surface area contributed by atoms with Gasteiger partial charge in [-0.05, 0) is 73.0 Å². The average molecular weight is 620 g/mol. The van der Waals surface area contributed by atoms with Crippen LogP contribution in [0.4, 0.5) is 5.69 Å². The molecule has 10 nitrogen and oxygen atoms in total. The fraction of sp³-hybridized carbons (Fsp3) is 0.250. The highest BCUT2D eigenvalue weighted by atomic mass is 35.5. The largest absolute Gasteiger partial charge is 0.484 e. The van der Waals surface area contributed by atoms with Crippen molar-refractivity contribution in [3.63, 3.8) is 0 Å². The van der Waals surface area contributed by atoms with Gasteiger partial charge in [0.25, 0.3) is 21.8 Å². The summed E-state index contributed by atoms with van der Waals surface area (Å²) in [6.45, 7) is 0.475. The highest BCUT2D eigenvalue weighted by molar-refractivity contribution is 7.92. The summed E-state index contributed by atoms with van der Waals surface area (Å²) in [4.78, 5) is 24.7. The van der Waals surface area contributed by atoms with Gasteiger partial charge in [0.2, 0.25) is 0 Å². The topological polar surface area (TPSA) is 126 Å². The number of hydrogen-bond acceptors (Lipinski definition) is 7. The first kappa shape index (κ1) is 30.3. The summed E-state index contributed by atoms with van der Waals surface area (Å²) in [6.07, 6.45) is 3.39. The quantitative estimate of drug-likeness (QED) is 0.233. The van der Waals surface area contributed by atoms with Gasteiger partial charge in [-0.1, -0.05) is 41.4 Å². The van der Waals surface area contributed by atoms with Crippen LogP contribution in [0.3, 0.4) is 0 Å². The van der Waals surface area contributed by atoms with Crippen molar-refractivity contribution in [3.05, 3.63) is 88.4 Å². The SMILES string of the molecule is O=C(COc1ccc(/C=N\NC(=O)CN(c2ccc(Cl)cc2Cl)S(=O)(=O)c2ccccc2)cc1)NC[C@@H]1CCCO1. The summed E-state index contributed by atoms with van der Waals surface area (Å²) in [5.41, 5.74) is 3.07. The Hall–Kier alpha value is -3.64. The number of halogens is 2. The van der Waals surface area contributed by atoms with Crippen LogP contribution in [0.1, 0.15) is 18.4 Å². The Kier molecular flexibility index (Phi) is 10.6. The van der Waals surface area contributed by atoms with E-state index in [0.29, 0.717) is 22.9 Å². The van der Waals surface area contributed by atoms with E-state index in [1.165, 1.54) is 36.5 Å². The molecule has 0 aromatic heterocycles. The van der Waals surface area contributed by atoms with E-state index in [-0.39, 0.29) is 34.2 Å². The Bertz CT molecular complexity index is 1480. The monoisotopic (exact) mass is 618 g/mol.